The van der Waals surface area contributed by atoms with Gasteiger partial charge in [-0.2, -0.15) is 5.26 Å². The van der Waals surface area contributed by atoms with Crippen LogP contribution in [0.25, 0.3) is 0 Å². The molecule has 0 aromatic carbocycles. The highest BCUT2D eigenvalue weighted by molar-refractivity contribution is 5.01. The van der Waals surface area contributed by atoms with E-state index in [2.05, 4.69) is 19.9 Å². The highest BCUT2D eigenvalue weighted by Gasteiger charge is 2.40. The zero-order chi connectivity index (χ0) is 11.3. The third-order valence-electron chi connectivity index (χ3n) is 3.82. The Labute approximate surface area is 93.3 Å². The molecular formula is C13H23NO. The van der Waals surface area contributed by atoms with Crippen molar-refractivity contribution in [2.75, 3.05) is 0 Å². The maximum Gasteiger partial charge on any atom is 0.0807 e. The maximum atomic E-state index is 10.5. The van der Waals surface area contributed by atoms with Crippen LogP contribution in [0.5, 0.6) is 0 Å². The monoisotopic (exact) mass is 209 g/mol. The predicted molar refractivity (Wildman–Crippen MR) is 61.2 cm³/mol. The molecule has 3 atom stereocenters. The molecule has 3 unspecified atom stereocenters. The van der Waals surface area contributed by atoms with E-state index in [0.717, 1.165) is 38.5 Å². The van der Waals surface area contributed by atoms with E-state index < -0.39 is 5.60 Å². The van der Waals surface area contributed by atoms with E-state index in [-0.39, 0.29) is 5.92 Å². The minimum absolute atomic E-state index is 0.156. The van der Waals surface area contributed by atoms with Gasteiger partial charge in [0.2, 0.25) is 0 Å². The molecule has 0 saturated heterocycles. The number of hydrogen-bond acceptors (Lipinski definition) is 2. The van der Waals surface area contributed by atoms with Crippen molar-refractivity contribution in [3.8, 4) is 6.07 Å². The maximum absolute atomic E-state index is 10.5. The van der Waals surface area contributed by atoms with Crippen molar-refractivity contribution in [2.24, 2.45) is 11.8 Å². The summed E-state index contributed by atoms with van der Waals surface area (Å²) in [7, 11) is 0. The van der Waals surface area contributed by atoms with Crippen LogP contribution in [-0.2, 0) is 0 Å². The first-order valence-corrected chi connectivity index (χ1v) is 6.28. The molecule has 1 N–H and O–H groups in total. The summed E-state index contributed by atoms with van der Waals surface area (Å²) in [6, 6.07) is 2.31. The van der Waals surface area contributed by atoms with Gasteiger partial charge in [0.15, 0.2) is 0 Å². The Balaban J connectivity index is 2.66. The van der Waals surface area contributed by atoms with Crippen molar-refractivity contribution >= 4 is 0 Å². The largest absolute Gasteiger partial charge is 0.389 e. The third-order valence-corrected chi connectivity index (χ3v) is 3.82. The Bertz CT molecular complexity index is 233. The van der Waals surface area contributed by atoms with Gasteiger partial charge in [-0.3, -0.25) is 0 Å². The Morgan fingerprint density at radius 3 is 2.80 bits per heavy atom. The molecule has 0 bridgehead atoms. The lowest BCUT2D eigenvalue weighted by molar-refractivity contribution is -0.0507. The van der Waals surface area contributed by atoms with Gasteiger partial charge < -0.3 is 5.11 Å². The molecule has 0 aromatic heterocycles. The van der Waals surface area contributed by atoms with Gasteiger partial charge in [0, 0.05) is 0 Å². The summed E-state index contributed by atoms with van der Waals surface area (Å²) in [5.41, 5.74) is -0.691. The van der Waals surface area contributed by atoms with Gasteiger partial charge in [0.05, 0.1) is 17.6 Å². The summed E-state index contributed by atoms with van der Waals surface area (Å²) in [4.78, 5) is 0. The normalized spacial score (nSPS) is 33.3. The molecule has 0 heterocycles. The van der Waals surface area contributed by atoms with Crippen LogP contribution < -0.4 is 0 Å². The molecule has 1 aliphatic rings. The SMILES string of the molecule is CCCC(C#N)C1(O)CCCC(CC)C1. The molecule has 2 nitrogen and oxygen atoms in total. The van der Waals surface area contributed by atoms with Gasteiger partial charge in [0.25, 0.3) is 0 Å². The van der Waals surface area contributed by atoms with E-state index in [1.807, 2.05) is 0 Å². The molecule has 1 fully saturated rings. The molecule has 15 heavy (non-hydrogen) atoms. The van der Waals surface area contributed by atoms with Crippen molar-refractivity contribution in [3.05, 3.63) is 0 Å². The first-order chi connectivity index (χ1) is 7.16. The quantitative estimate of drug-likeness (QED) is 0.772. The minimum atomic E-state index is -0.691. The molecule has 0 aliphatic heterocycles. The molecule has 0 spiro atoms. The average molecular weight is 209 g/mol. The fourth-order valence-corrected chi connectivity index (χ4v) is 2.81. The van der Waals surface area contributed by atoms with Gasteiger partial charge >= 0.3 is 0 Å². The second kappa shape index (κ2) is 5.51. The lowest BCUT2D eigenvalue weighted by atomic mass is 9.70. The Morgan fingerprint density at radius 2 is 2.27 bits per heavy atom. The smallest absolute Gasteiger partial charge is 0.0807 e. The topological polar surface area (TPSA) is 44.0 Å². The standard InChI is InChI=1S/C13H23NO/c1-3-6-12(10-14)13(15)8-5-7-11(4-2)9-13/h11-12,15H,3-9H2,1-2H3. The van der Waals surface area contributed by atoms with E-state index in [9.17, 15) is 5.11 Å². The summed E-state index contributed by atoms with van der Waals surface area (Å²) in [6.45, 7) is 4.26. The fraction of sp³-hybridized carbons (Fsp3) is 0.923. The van der Waals surface area contributed by atoms with E-state index in [1.165, 1.54) is 6.42 Å². The van der Waals surface area contributed by atoms with Gasteiger partial charge in [-0.05, 0) is 25.2 Å². The minimum Gasteiger partial charge on any atom is -0.389 e. The molecule has 0 amide bonds. The van der Waals surface area contributed by atoms with Crippen LogP contribution in [0.1, 0.15) is 58.8 Å². The van der Waals surface area contributed by atoms with Gasteiger partial charge in [-0.15, -0.1) is 0 Å². The second-order valence-corrected chi connectivity index (χ2v) is 4.94. The number of rotatable bonds is 4. The lowest BCUT2D eigenvalue weighted by Gasteiger charge is -2.39. The van der Waals surface area contributed by atoms with E-state index in [4.69, 9.17) is 5.26 Å². The van der Waals surface area contributed by atoms with Crippen LogP contribution >= 0.6 is 0 Å². The Kier molecular flexibility index (Phi) is 4.60. The summed E-state index contributed by atoms with van der Waals surface area (Å²) in [5, 5.41) is 19.7. The number of nitriles is 1. The number of aliphatic hydroxyl groups is 1. The molecule has 0 aromatic rings. The second-order valence-electron chi connectivity index (χ2n) is 4.94. The van der Waals surface area contributed by atoms with Crippen molar-refractivity contribution in [2.45, 2.75) is 64.4 Å². The summed E-state index contributed by atoms with van der Waals surface area (Å²) >= 11 is 0. The molecule has 1 saturated carbocycles. The third kappa shape index (κ3) is 2.95. The van der Waals surface area contributed by atoms with Crippen molar-refractivity contribution in [3.63, 3.8) is 0 Å². The van der Waals surface area contributed by atoms with Crippen molar-refractivity contribution in [1.82, 2.24) is 0 Å². The Morgan fingerprint density at radius 1 is 1.53 bits per heavy atom. The number of nitrogens with zero attached hydrogens (tertiary/aromatic N) is 1. The molecular weight excluding hydrogens is 186 g/mol. The lowest BCUT2D eigenvalue weighted by Crippen LogP contribution is -2.41. The van der Waals surface area contributed by atoms with Crippen LogP contribution in [0.4, 0.5) is 0 Å². The van der Waals surface area contributed by atoms with Gasteiger partial charge in [-0.25, -0.2) is 0 Å². The van der Waals surface area contributed by atoms with E-state index in [1.54, 1.807) is 0 Å². The summed E-state index contributed by atoms with van der Waals surface area (Å²) in [6.07, 6.45) is 6.91. The zero-order valence-corrected chi connectivity index (χ0v) is 10.00. The Hall–Kier alpha value is -0.550. The van der Waals surface area contributed by atoms with E-state index in [0.29, 0.717) is 5.92 Å². The first kappa shape index (κ1) is 12.5. The highest BCUT2D eigenvalue weighted by atomic mass is 16.3. The molecule has 86 valence electrons. The summed E-state index contributed by atoms with van der Waals surface area (Å²) < 4.78 is 0. The van der Waals surface area contributed by atoms with Crippen LogP contribution in [0.3, 0.4) is 0 Å². The molecule has 1 rings (SSSR count). The average Bonchev–Trinajstić information content (AvgIpc) is 2.25. The highest BCUT2D eigenvalue weighted by Crippen LogP contribution is 2.40. The molecule has 1 aliphatic carbocycles. The molecule has 2 heteroatoms. The fourth-order valence-electron chi connectivity index (χ4n) is 2.81. The number of hydrogen-bond donors (Lipinski definition) is 1. The van der Waals surface area contributed by atoms with Gasteiger partial charge in [0.1, 0.15) is 0 Å². The van der Waals surface area contributed by atoms with Crippen LogP contribution in [0, 0.1) is 23.2 Å². The van der Waals surface area contributed by atoms with Crippen LogP contribution in [-0.4, -0.2) is 10.7 Å². The van der Waals surface area contributed by atoms with Crippen LogP contribution in [0.15, 0.2) is 0 Å². The zero-order valence-electron chi connectivity index (χ0n) is 10.00. The van der Waals surface area contributed by atoms with Crippen LogP contribution in [0.2, 0.25) is 0 Å². The summed E-state index contributed by atoms with van der Waals surface area (Å²) in [5.74, 6) is 0.466. The first-order valence-electron chi connectivity index (χ1n) is 6.28. The van der Waals surface area contributed by atoms with Gasteiger partial charge in [-0.1, -0.05) is 39.5 Å². The van der Waals surface area contributed by atoms with E-state index >= 15 is 0 Å². The van der Waals surface area contributed by atoms with Crippen molar-refractivity contribution in [1.29, 1.82) is 5.26 Å². The molecule has 0 radical (unpaired) electrons. The van der Waals surface area contributed by atoms with Crippen molar-refractivity contribution < 1.29 is 5.11 Å². The predicted octanol–water partition coefficient (Wildman–Crippen LogP) is 3.26.